The first-order valence-electron chi connectivity index (χ1n) is 11.1. The number of benzene rings is 3. The maximum Gasteiger partial charge on any atom is 0.194 e. The maximum absolute atomic E-state index is 12.8. The first-order valence-corrected chi connectivity index (χ1v) is 11.1. The van der Waals surface area contributed by atoms with E-state index in [0.29, 0.717) is 0 Å². The van der Waals surface area contributed by atoms with Gasteiger partial charge in [0.15, 0.2) is 11.6 Å². The van der Waals surface area contributed by atoms with E-state index in [4.69, 9.17) is 10.1 Å². The van der Waals surface area contributed by atoms with Gasteiger partial charge in [-0.1, -0.05) is 43.7 Å². The number of aliphatic hydroxyl groups excluding tert-OH is 1. The molecule has 1 aliphatic carbocycles. The molecule has 0 spiro atoms. The Bertz CT molecular complexity index is 1480. The van der Waals surface area contributed by atoms with Crippen molar-refractivity contribution in [3.63, 3.8) is 0 Å². The summed E-state index contributed by atoms with van der Waals surface area (Å²) in [6.45, 7) is 9.00. The summed E-state index contributed by atoms with van der Waals surface area (Å²) in [5, 5.41) is 9.39. The quantitative estimate of drug-likeness (QED) is 0.130. The monoisotopic (exact) mass is 641 g/mol. The molecule has 0 bridgehead atoms. The summed E-state index contributed by atoms with van der Waals surface area (Å²) in [6.07, 6.45) is 1.17. The zero-order valence-electron chi connectivity index (χ0n) is 20.3. The molecule has 1 aliphatic rings. The fourth-order valence-corrected chi connectivity index (χ4v) is 4.37. The molecule has 0 fully saturated rings. The predicted molar refractivity (Wildman–Crippen MR) is 136 cm³/mol. The molecule has 179 valence electrons. The summed E-state index contributed by atoms with van der Waals surface area (Å²) in [7, 11) is 0. The van der Waals surface area contributed by atoms with Gasteiger partial charge in [0.25, 0.3) is 0 Å². The van der Waals surface area contributed by atoms with E-state index in [0.717, 1.165) is 55.5 Å². The average molecular weight is 641 g/mol. The Labute approximate surface area is 219 Å². The van der Waals surface area contributed by atoms with E-state index in [1.807, 2.05) is 31.2 Å². The van der Waals surface area contributed by atoms with Gasteiger partial charge >= 0.3 is 0 Å². The van der Waals surface area contributed by atoms with Crippen molar-refractivity contribution in [2.24, 2.45) is 0 Å². The third kappa shape index (κ3) is 5.48. The third-order valence-electron chi connectivity index (χ3n) is 5.64. The normalized spacial score (nSPS) is 11.8. The van der Waals surface area contributed by atoms with Gasteiger partial charge in [0.2, 0.25) is 0 Å². The van der Waals surface area contributed by atoms with Crippen LogP contribution in [-0.4, -0.2) is 21.7 Å². The average Bonchev–Trinajstić information content (AvgIpc) is 3.04. The number of nitrogens with zero attached hydrogens (tertiary/aromatic N) is 1. The number of allylic oxidation sites excluding steroid dienone is 2. The van der Waals surface area contributed by atoms with Crippen LogP contribution >= 0.6 is 0 Å². The molecule has 0 amide bonds. The van der Waals surface area contributed by atoms with Gasteiger partial charge in [-0.05, 0) is 50.2 Å². The van der Waals surface area contributed by atoms with Crippen molar-refractivity contribution in [3.8, 4) is 22.4 Å². The molecule has 1 N–H and O–H groups in total. The Kier molecular flexibility index (Phi) is 7.84. The van der Waals surface area contributed by atoms with Gasteiger partial charge in [-0.2, -0.15) is 0 Å². The van der Waals surface area contributed by atoms with Crippen LogP contribution in [0.2, 0.25) is 0 Å². The standard InChI is InChI=1S/C25H18NO.C5H8O2.Ir/c1-14-4-5-18-21(13-14)25(27)20-7-9-23-19(24(18)20)6-8-22(26-23)17-11-15(2)10-16(3)12-17;1-4(6)3-5(2)7;/h4-11,13H,1-3H3;3,6H,1-2H3;/q-1;;/b;4-3-;. The van der Waals surface area contributed by atoms with Crippen LogP contribution in [0.3, 0.4) is 0 Å². The fraction of sp³-hybridized carbons (Fsp3) is 0.167. The minimum atomic E-state index is -0.125. The van der Waals surface area contributed by atoms with Crippen LogP contribution in [0.5, 0.6) is 0 Å². The Morgan fingerprint density at radius 2 is 1.60 bits per heavy atom. The molecule has 4 aromatic rings. The number of ketones is 2. The number of aliphatic hydroxyl groups is 1. The molecule has 0 saturated heterocycles. The van der Waals surface area contributed by atoms with Crippen LogP contribution in [0.25, 0.3) is 33.3 Å². The Morgan fingerprint density at radius 3 is 2.23 bits per heavy atom. The van der Waals surface area contributed by atoms with E-state index in [1.165, 1.54) is 25.5 Å². The minimum Gasteiger partial charge on any atom is -0.512 e. The van der Waals surface area contributed by atoms with Gasteiger partial charge in [-0.25, -0.2) is 0 Å². The number of pyridine rings is 1. The van der Waals surface area contributed by atoms with E-state index in [2.05, 4.69) is 50.2 Å². The minimum absolute atomic E-state index is 0. The van der Waals surface area contributed by atoms with Gasteiger partial charge in [0.1, 0.15) is 0 Å². The van der Waals surface area contributed by atoms with Crippen molar-refractivity contribution < 1.29 is 34.8 Å². The van der Waals surface area contributed by atoms with Crippen molar-refractivity contribution in [1.29, 1.82) is 0 Å². The van der Waals surface area contributed by atoms with Crippen molar-refractivity contribution in [2.45, 2.75) is 34.6 Å². The number of rotatable bonds is 2. The van der Waals surface area contributed by atoms with E-state index < -0.39 is 0 Å². The molecule has 5 rings (SSSR count). The third-order valence-corrected chi connectivity index (χ3v) is 5.64. The molecule has 35 heavy (non-hydrogen) atoms. The summed E-state index contributed by atoms with van der Waals surface area (Å²) in [4.78, 5) is 27.7. The number of fused-ring (bicyclic) bond motifs is 5. The smallest absolute Gasteiger partial charge is 0.194 e. The summed E-state index contributed by atoms with van der Waals surface area (Å²) in [5.74, 6) is 0.0461. The van der Waals surface area contributed by atoms with Gasteiger partial charge in [0, 0.05) is 48.3 Å². The molecule has 1 heterocycles. The second-order valence-corrected chi connectivity index (χ2v) is 8.78. The molecular weight excluding hydrogens is 615 g/mol. The van der Waals surface area contributed by atoms with Crippen molar-refractivity contribution in [2.75, 3.05) is 0 Å². The Morgan fingerprint density at radius 1 is 0.886 bits per heavy atom. The van der Waals surface area contributed by atoms with Gasteiger partial charge in [-0.15, -0.1) is 34.9 Å². The van der Waals surface area contributed by atoms with Crippen LogP contribution in [-0.2, 0) is 24.9 Å². The molecule has 0 atom stereocenters. The van der Waals surface area contributed by atoms with E-state index in [9.17, 15) is 9.59 Å². The largest absolute Gasteiger partial charge is 0.512 e. The molecule has 0 unspecified atom stereocenters. The Balaban J connectivity index is 0.000000378. The topological polar surface area (TPSA) is 67.3 Å². The van der Waals surface area contributed by atoms with Crippen molar-refractivity contribution >= 4 is 22.5 Å². The summed E-state index contributed by atoms with van der Waals surface area (Å²) in [5.41, 5.74) is 9.81. The fourth-order valence-electron chi connectivity index (χ4n) is 4.37. The number of carbonyl (C=O) groups excluding carboxylic acids is 2. The van der Waals surface area contributed by atoms with Crippen molar-refractivity contribution in [1.82, 2.24) is 4.98 Å². The van der Waals surface area contributed by atoms with Crippen LogP contribution in [0.1, 0.15) is 46.5 Å². The van der Waals surface area contributed by atoms with Crippen LogP contribution in [0, 0.1) is 26.8 Å². The van der Waals surface area contributed by atoms with Gasteiger partial charge < -0.3 is 5.11 Å². The zero-order chi connectivity index (χ0) is 24.6. The SMILES string of the molecule is CC(=O)/C=C(/C)O.Cc1[c-]c(-c2ccc3c4c(ccc3n2)C(=O)c2cc(C)ccc2-4)cc(C)c1.[Ir]. The Hall–Kier alpha value is -3.40. The predicted octanol–water partition coefficient (Wildman–Crippen LogP) is 6.87. The van der Waals surface area contributed by atoms with E-state index in [1.54, 1.807) is 0 Å². The van der Waals surface area contributed by atoms with Crippen LogP contribution in [0.15, 0.2) is 66.4 Å². The number of hydrogen-bond donors (Lipinski definition) is 1. The molecule has 0 saturated carbocycles. The molecule has 4 nitrogen and oxygen atoms in total. The molecule has 1 radical (unpaired) electrons. The molecule has 0 aliphatic heterocycles. The van der Waals surface area contributed by atoms with E-state index >= 15 is 0 Å². The van der Waals surface area contributed by atoms with E-state index in [-0.39, 0.29) is 37.4 Å². The molecule has 3 aromatic carbocycles. The number of aromatic nitrogens is 1. The second-order valence-electron chi connectivity index (χ2n) is 8.78. The summed E-state index contributed by atoms with van der Waals surface area (Å²) >= 11 is 0. The second kappa shape index (κ2) is 10.5. The zero-order valence-corrected chi connectivity index (χ0v) is 22.7. The van der Waals surface area contributed by atoms with Crippen LogP contribution in [0.4, 0.5) is 0 Å². The summed E-state index contributed by atoms with van der Waals surface area (Å²) in [6, 6.07) is 21.7. The van der Waals surface area contributed by atoms with Crippen molar-refractivity contribution in [3.05, 3.63) is 100 Å². The van der Waals surface area contributed by atoms with Gasteiger partial charge in [0.05, 0.1) is 11.3 Å². The molecule has 5 heteroatoms. The number of aryl methyl sites for hydroxylation is 3. The number of hydrogen-bond acceptors (Lipinski definition) is 4. The van der Waals surface area contributed by atoms with Crippen LogP contribution < -0.4 is 0 Å². The summed E-state index contributed by atoms with van der Waals surface area (Å²) < 4.78 is 0. The first kappa shape index (κ1) is 26.2. The maximum atomic E-state index is 12.8. The molecule has 1 aromatic heterocycles. The first-order chi connectivity index (χ1) is 16.1. The molecular formula is C30H26IrNO3-. The van der Waals surface area contributed by atoms with Gasteiger partial charge in [-0.3, -0.25) is 14.6 Å². The number of carbonyl (C=O) groups is 2.